The van der Waals surface area contributed by atoms with Crippen molar-refractivity contribution in [3.8, 4) is 0 Å². The molecule has 0 amide bonds. The number of aromatic nitrogens is 3. The van der Waals surface area contributed by atoms with Crippen LogP contribution < -0.4 is 0 Å². The van der Waals surface area contributed by atoms with E-state index in [1.165, 1.54) is 19.3 Å². The maximum Gasteiger partial charge on any atom is 0.0852 e. The van der Waals surface area contributed by atoms with E-state index in [2.05, 4.69) is 10.3 Å². The first-order valence-corrected chi connectivity index (χ1v) is 6.77. The largest absolute Gasteiger partial charge is 0.392 e. The van der Waals surface area contributed by atoms with Crippen molar-refractivity contribution in [1.29, 1.82) is 0 Å². The van der Waals surface area contributed by atoms with E-state index in [4.69, 9.17) is 0 Å². The number of rotatable bonds is 3. The minimum atomic E-state index is -0.190. The molecule has 0 saturated heterocycles. The molecule has 1 aromatic heterocycles. The van der Waals surface area contributed by atoms with Gasteiger partial charge in [-0.2, -0.15) is 0 Å². The molecule has 17 heavy (non-hydrogen) atoms. The Balaban J connectivity index is 1.44. The van der Waals surface area contributed by atoms with Gasteiger partial charge >= 0.3 is 0 Å². The maximum absolute atomic E-state index is 10.3. The lowest BCUT2D eigenvalue weighted by atomic mass is 9.97. The molecule has 4 heteroatoms. The average molecular weight is 233 g/mol. The first-order chi connectivity index (χ1) is 8.24. The van der Waals surface area contributed by atoms with Crippen molar-refractivity contribution in [3.05, 3.63) is 11.9 Å². The van der Waals surface area contributed by atoms with Crippen LogP contribution in [0.4, 0.5) is 0 Å². The Kier molecular flexibility index (Phi) is 1.96. The summed E-state index contributed by atoms with van der Waals surface area (Å²) in [5, 5.41) is 18.3. The Morgan fingerprint density at radius 3 is 2.71 bits per heavy atom. The van der Waals surface area contributed by atoms with Crippen molar-refractivity contribution in [3.63, 3.8) is 0 Å². The second-order valence-corrected chi connectivity index (χ2v) is 6.22. The molecule has 1 aromatic rings. The number of nitrogens with zero attached hydrogens (tertiary/aromatic N) is 3. The molecule has 5 unspecified atom stereocenters. The Hall–Kier alpha value is -0.900. The van der Waals surface area contributed by atoms with Gasteiger partial charge in [0.2, 0.25) is 0 Å². The van der Waals surface area contributed by atoms with Crippen LogP contribution in [0, 0.1) is 29.6 Å². The second-order valence-electron chi connectivity index (χ2n) is 6.22. The summed E-state index contributed by atoms with van der Waals surface area (Å²) < 4.78 is 1.71. The van der Waals surface area contributed by atoms with Crippen LogP contribution in [0.15, 0.2) is 6.20 Å². The Morgan fingerprint density at radius 2 is 2.12 bits per heavy atom. The predicted molar refractivity (Wildman–Crippen MR) is 62.0 cm³/mol. The lowest BCUT2D eigenvalue weighted by Crippen LogP contribution is -2.18. The Labute approximate surface area is 101 Å². The molecule has 1 N–H and O–H groups in total. The van der Waals surface area contributed by atoms with Crippen LogP contribution in [0.1, 0.15) is 25.0 Å². The van der Waals surface area contributed by atoms with Gasteiger partial charge in [0.15, 0.2) is 0 Å². The quantitative estimate of drug-likeness (QED) is 0.847. The van der Waals surface area contributed by atoms with Crippen LogP contribution in [0.25, 0.3) is 0 Å². The van der Waals surface area contributed by atoms with Gasteiger partial charge in [-0.1, -0.05) is 5.21 Å². The summed E-state index contributed by atoms with van der Waals surface area (Å²) in [7, 11) is 1.87. The van der Waals surface area contributed by atoms with Gasteiger partial charge in [-0.3, -0.25) is 4.68 Å². The molecule has 3 aliphatic rings. The van der Waals surface area contributed by atoms with E-state index in [9.17, 15) is 5.11 Å². The van der Waals surface area contributed by atoms with Crippen LogP contribution in [0.5, 0.6) is 0 Å². The molecular formula is C13H19N3O. The molecule has 0 aliphatic heterocycles. The van der Waals surface area contributed by atoms with E-state index in [1.54, 1.807) is 4.68 Å². The van der Waals surface area contributed by atoms with Gasteiger partial charge < -0.3 is 5.11 Å². The third-order valence-electron chi connectivity index (χ3n) is 5.31. The van der Waals surface area contributed by atoms with Crippen molar-refractivity contribution in [1.82, 2.24) is 15.0 Å². The standard InChI is InChI=1S/C13H19N3O/c1-16-6-9(14-15-16)5-10(17)13-11-7-2-3-8(4-7)12(11)13/h6-8,10-13,17H,2-5H2,1H3. The van der Waals surface area contributed by atoms with Crippen molar-refractivity contribution < 1.29 is 5.11 Å². The van der Waals surface area contributed by atoms with Gasteiger partial charge in [-0.25, -0.2) is 0 Å². The van der Waals surface area contributed by atoms with Gasteiger partial charge in [0.25, 0.3) is 0 Å². The smallest absolute Gasteiger partial charge is 0.0852 e. The highest BCUT2D eigenvalue weighted by molar-refractivity contribution is 5.15. The number of fused-ring (bicyclic) bond motifs is 5. The molecule has 0 spiro atoms. The number of aryl methyl sites for hydroxylation is 1. The molecule has 1 heterocycles. The topological polar surface area (TPSA) is 50.9 Å². The minimum absolute atomic E-state index is 0.190. The molecule has 0 aromatic carbocycles. The Morgan fingerprint density at radius 1 is 1.41 bits per heavy atom. The summed E-state index contributed by atoms with van der Waals surface area (Å²) in [4.78, 5) is 0. The molecule has 92 valence electrons. The van der Waals surface area contributed by atoms with E-state index < -0.39 is 0 Å². The normalized spacial score (nSPS) is 43.8. The van der Waals surface area contributed by atoms with Crippen LogP contribution in [0.2, 0.25) is 0 Å². The van der Waals surface area contributed by atoms with Gasteiger partial charge in [0.05, 0.1) is 11.8 Å². The van der Waals surface area contributed by atoms with E-state index in [-0.39, 0.29) is 6.10 Å². The molecule has 2 bridgehead atoms. The van der Waals surface area contributed by atoms with E-state index in [1.807, 2.05) is 13.2 Å². The minimum Gasteiger partial charge on any atom is -0.392 e. The van der Waals surface area contributed by atoms with Crippen molar-refractivity contribution >= 4 is 0 Å². The Bertz CT molecular complexity index is 428. The van der Waals surface area contributed by atoms with Crippen molar-refractivity contribution in [2.75, 3.05) is 0 Å². The van der Waals surface area contributed by atoms with Gasteiger partial charge in [-0.15, -0.1) is 5.10 Å². The summed E-state index contributed by atoms with van der Waals surface area (Å²) in [6.45, 7) is 0. The second kappa shape index (κ2) is 3.31. The van der Waals surface area contributed by atoms with Gasteiger partial charge in [-0.05, 0) is 48.9 Å². The first kappa shape index (κ1) is 10.1. The highest BCUT2D eigenvalue weighted by Crippen LogP contribution is 2.70. The molecule has 3 fully saturated rings. The molecule has 0 radical (unpaired) electrons. The number of aliphatic hydroxyl groups is 1. The molecule has 4 nitrogen and oxygen atoms in total. The average Bonchev–Trinajstić information content (AvgIpc) is 2.65. The number of aliphatic hydroxyl groups excluding tert-OH is 1. The summed E-state index contributed by atoms with van der Waals surface area (Å²) in [5.41, 5.74) is 0.928. The zero-order valence-corrected chi connectivity index (χ0v) is 10.2. The van der Waals surface area contributed by atoms with Crippen LogP contribution >= 0.6 is 0 Å². The zero-order chi connectivity index (χ0) is 11.6. The van der Waals surface area contributed by atoms with Crippen LogP contribution in [-0.2, 0) is 13.5 Å². The summed E-state index contributed by atoms with van der Waals surface area (Å²) in [6, 6.07) is 0. The molecule has 3 saturated carbocycles. The molecular weight excluding hydrogens is 214 g/mol. The first-order valence-electron chi connectivity index (χ1n) is 6.77. The number of hydrogen-bond acceptors (Lipinski definition) is 3. The van der Waals surface area contributed by atoms with Crippen LogP contribution in [0.3, 0.4) is 0 Å². The van der Waals surface area contributed by atoms with E-state index in [0.717, 1.165) is 29.4 Å². The molecule has 3 aliphatic carbocycles. The zero-order valence-electron chi connectivity index (χ0n) is 10.2. The fraction of sp³-hybridized carbons (Fsp3) is 0.846. The van der Waals surface area contributed by atoms with Crippen LogP contribution in [-0.4, -0.2) is 26.2 Å². The predicted octanol–water partition coefficient (Wildman–Crippen LogP) is 1.01. The third kappa shape index (κ3) is 1.39. The lowest BCUT2D eigenvalue weighted by molar-refractivity contribution is 0.127. The SMILES string of the molecule is Cn1cc(CC(O)C2C3C4CCC(C4)C23)nn1. The molecule has 4 rings (SSSR count). The fourth-order valence-electron chi connectivity index (χ4n) is 4.75. The molecule has 5 atom stereocenters. The highest BCUT2D eigenvalue weighted by atomic mass is 16.3. The fourth-order valence-corrected chi connectivity index (χ4v) is 4.75. The van der Waals surface area contributed by atoms with Gasteiger partial charge in [0, 0.05) is 19.7 Å². The van der Waals surface area contributed by atoms with Crippen molar-refractivity contribution in [2.45, 2.75) is 31.8 Å². The van der Waals surface area contributed by atoms with E-state index in [0.29, 0.717) is 12.3 Å². The summed E-state index contributed by atoms with van der Waals surface area (Å²) in [6.07, 6.45) is 6.69. The summed E-state index contributed by atoms with van der Waals surface area (Å²) in [5.74, 6) is 4.14. The summed E-state index contributed by atoms with van der Waals surface area (Å²) >= 11 is 0. The third-order valence-corrected chi connectivity index (χ3v) is 5.31. The van der Waals surface area contributed by atoms with Gasteiger partial charge in [0.1, 0.15) is 0 Å². The van der Waals surface area contributed by atoms with E-state index >= 15 is 0 Å². The highest BCUT2D eigenvalue weighted by Gasteiger charge is 2.66. The lowest BCUT2D eigenvalue weighted by Gasteiger charge is -2.13. The monoisotopic (exact) mass is 233 g/mol. The maximum atomic E-state index is 10.3. The number of hydrogen-bond donors (Lipinski definition) is 1. The van der Waals surface area contributed by atoms with Crippen molar-refractivity contribution in [2.24, 2.45) is 36.6 Å².